The van der Waals surface area contributed by atoms with Crippen molar-refractivity contribution in [2.75, 3.05) is 13.1 Å². The van der Waals surface area contributed by atoms with Gasteiger partial charge in [-0.2, -0.15) is 10.3 Å². The Kier molecular flexibility index (Phi) is 7.67. The topological polar surface area (TPSA) is 102 Å². The van der Waals surface area contributed by atoms with Gasteiger partial charge in [-0.1, -0.05) is 52.7 Å². The Morgan fingerprint density at radius 3 is 2.41 bits per heavy atom. The summed E-state index contributed by atoms with van der Waals surface area (Å²) < 4.78 is 21.0. The van der Waals surface area contributed by atoms with E-state index in [0.717, 1.165) is 5.56 Å². The van der Waals surface area contributed by atoms with Gasteiger partial charge in [-0.3, -0.25) is 4.79 Å². The van der Waals surface area contributed by atoms with Gasteiger partial charge in [0.05, 0.1) is 16.4 Å². The van der Waals surface area contributed by atoms with Crippen LogP contribution in [0.2, 0.25) is 10.0 Å². The first-order chi connectivity index (χ1) is 20.0. The van der Waals surface area contributed by atoms with Crippen LogP contribution >= 0.6 is 23.2 Å². The fraction of sp³-hybridized carbons (Fsp3) is 0.207. The van der Waals surface area contributed by atoms with Crippen LogP contribution in [0.5, 0.6) is 5.75 Å². The van der Waals surface area contributed by atoms with Gasteiger partial charge in [-0.25, -0.2) is 9.07 Å². The van der Waals surface area contributed by atoms with E-state index in [2.05, 4.69) is 20.6 Å². The minimum atomic E-state index is -0.316. The summed E-state index contributed by atoms with van der Waals surface area (Å²) >= 11 is 12.8. The minimum Gasteiger partial charge on any atom is -0.490 e. The van der Waals surface area contributed by atoms with E-state index in [-0.39, 0.29) is 29.9 Å². The molecule has 1 saturated heterocycles. The molecule has 0 unspecified atom stereocenters. The molecule has 12 heteroatoms. The number of rotatable bonds is 7. The van der Waals surface area contributed by atoms with E-state index in [1.54, 1.807) is 39.9 Å². The van der Waals surface area contributed by atoms with Crippen LogP contribution < -0.4 is 4.74 Å². The van der Waals surface area contributed by atoms with Gasteiger partial charge in [0.25, 0.3) is 5.91 Å². The summed E-state index contributed by atoms with van der Waals surface area (Å²) in [5.41, 5.74) is 3.02. The Morgan fingerprint density at radius 2 is 1.73 bits per heavy atom. The van der Waals surface area contributed by atoms with Crippen LogP contribution in [-0.4, -0.2) is 60.4 Å². The van der Waals surface area contributed by atoms with Gasteiger partial charge in [-0.05, 0) is 48.5 Å². The van der Waals surface area contributed by atoms with E-state index in [1.807, 2.05) is 30.3 Å². The lowest BCUT2D eigenvalue weighted by Crippen LogP contribution is -2.42. The van der Waals surface area contributed by atoms with Gasteiger partial charge in [0.1, 0.15) is 17.7 Å². The highest BCUT2D eigenvalue weighted by Gasteiger charge is 2.32. The first kappa shape index (κ1) is 26.9. The Balaban J connectivity index is 1.36. The SMILES string of the molecule is O=C(c1nn(-c2ccccc2Cl)c(-c2ccc(Cl)cc2)c1Cc1nn[nH]n1)N1CCC(Oc2ccc(F)cc2)CC1. The molecular weight excluding hydrogens is 568 g/mol. The molecule has 1 N–H and O–H groups in total. The summed E-state index contributed by atoms with van der Waals surface area (Å²) in [6.45, 7) is 0.948. The number of hydrogen-bond donors (Lipinski definition) is 1. The maximum atomic E-state index is 14.1. The number of benzene rings is 3. The van der Waals surface area contributed by atoms with Gasteiger partial charge >= 0.3 is 0 Å². The number of H-pyrrole nitrogens is 1. The lowest BCUT2D eigenvalue weighted by Gasteiger charge is -2.32. The molecule has 1 aliphatic rings. The first-order valence-corrected chi connectivity index (χ1v) is 13.8. The van der Waals surface area contributed by atoms with Gasteiger partial charge in [-0.15, -0.1) is 10.2 Å². The molecule has 3 heterocycles. The van der Waals surface area contributed by atoms with Crippen molar-refractivity contribution in [3.8, 4) is 22.7 Å². The Labute approximate surface area is 244 Å². The molecule has 5 aromatic rings. The lowest BCUT2D eigenvalue weighted by atomic mass is 10.0. The average Bonchev–Trinajstić information content (AvgIpc) is 3.64. The summed E-state index contributed by atoms with van der Waals surface area (Å²) in [5.74, 6) is 0.484. The third kappa shape index (κ3) is 5.79. The Bertz CT molecular complexity index is 1650. The summed E-state index contributed by atoms with van der Waals surface area (Å²) in [6.07, 6.45) is 1.37. The number of hydrogen-bond acceptors (Lipinski definition) is 6. The molecule has 1 amide bonds. The first-order valence-electron chi connectivity index (χ1n) is 13.0. The number of likely N-dealkylation sites (tertiary alicyclic amines) is 1. The fourth-order valence-electron chi connectivity index (χ4n) is 4.94. The van der Waals surface area contributed by atoms with Crippen LogP contribution in [0.15, 0.2) is 72.8 Å². The number of amides is 1. The second-order valence-electron chi connectivity index (χ2n) is 9.61. The maximum Gasteiger partial charge on any atom is 0.274 e. The van der Waals surface area contributed by atoms with Crippen molar-refractivity contribution in [3.05, 3.63) is 106 Å². The number of nitrogens with one attached hydrogen (secondary N) is 1. The van der Waals surface area contributed by atoms with Crippen molar-refractivity contribution < 1.29 is 13.9 Å². The highest BCUT2D eigenvalue weighted by atomic mass is 35.5. The summed E-state index contributed by atoms with van der Waals surface area (Å²) in [6, 6.07) is 20.6. The summed E-state index contributed by atoms with van der Waals surface area (Å²) in [4.78, 5) is 15.8. The predicted octanol–water partition coefficient (Wildman–Crippen LogP) is 5.77. The number of aromatic nitrogens is 6. The highest BCUT2D eigenvalue weighted by molar-refractivity contribution is 6.32. The van der Waals surface area contributed by atoms with Crippen LogP contribution in [0.1, 0.15) is 34.7 Å². The molecule has 0 spiro atoms. The minimum absolute atomic E-state index is 0.0892. The van der Waals surface area contributed by atoms with Crippen LogP contribution in [0.25, 0.3) is 16.9 Å². The van der Waals surface area contributed by atoms with Gasteiger partial charge in [0.15, 0.2) is 11.5 Å². The normalized spacial score (nSPS) is 13.9. The highest BCUT2D eigenvalue weighted by Crippen LogP contribution is 2.34. The number of nitrogens with zero attached hydrogens (tertiary/aromatic N) is 6. The summed E-state index contributed by atoms with van der Waals surface area (Å²) in [5, 5.41) is 20.3. The van der Waals surface area contributed by atoms with Crippen LogP contribution in [0.4, 0.5) is 4.39 Å². The van der Waals surface area contributed by atoms with Crippen LogP contribution in [0.3, 0.4) is 0 Å². The molecule has 2 aromatic heterocycles. The second-order valence-corrected chi connectivity index (χ2v) is 10.5. The van der Waals surface area contributed by atoms with E-state index in [9.17, 15) is 9.18 Å². The average molecular weight is 592 g/mol. The molecule has 9 nitrogen and oxygen atoms in total. The number of aromatic amines is 1. The van der Waals surface area contributed by atoms with Gasteiger partial charge in [0.2, 0.25) is 0 Å². The molecule has 6 rings (SSSR count). The maximum absolute atomic E-state index is 14.1. The zero-order chi connectivity index (χ0) is 28.3. The standard InChI is InChI=1S/C29H24Cl2FN7O2/c30-19-7-5-18(6-8-19)28-23(17-26-33-36-37-34-26)27(35-39(28)25-4-2-1-3-24(25)31)29(40)38-15-13-22(14-16-38)41-21-11-9-20(32)10-12-21/h1-12,22H,13-17H2,(H,33,34,36,37). The molecule has 0 aliphatic carbocycles. The zero-order valence-corrected chi connectivity index (χ0v) is 23.2. The summed E-state index contributed by atoms with van der Waals surface area (Å²) in [7, 11) is 0. The largest absolute Gasteiger partial charge is 0.490 e. The smallest absolute Gasteiger partial charge is 0.274 e. The molecule has 3 aromatic carbocycles. The van der Waals surface area contributed by atoms with Crippen LogP contribution in [0, 0.1) is 5.82 Å². The number of tetrazole rings is 1. The van der Waals surface area contributed by atoms with Crippen molar-refractivity contribution in [2.24, 2.45) is 0 Å². The Hall–Kier alpha value is -4.28. The molecule has 208 valence electrons. The molecule has 0 bridgehead atoms. The number of piperidine rings is 1. The second kappa shape index (κ2) is 11.7. The molecule has 41 heavy (non-hydrogen) atoms. The monoisotopic (exact) mass is 591 g/mol. The fourth-order valence-corrected chi connectivity index (χ4v) is 5.28. The lowest BCUT2D eigenvalue weighted by molar-refractivity contribution is 0.0588. The molecule has 1 fully saturated rings. The third-order valence-electron chi connectivity index (χ3n) is 6.95. The molecule has 0 atom stereocenters. The molecule has 0 saturated carbocycles. The van der Waals surface area contributed by atoms with Crippen molar-refractivity contribution >= 4 is 29.1 Å². The van der Waals surface area contributed by atoms with E-state index in [4.69, 9.17) is 33.0 Å². The van der Waals surface area contributed by atoms with Crippen molar-refractivity contribution in [2.45, 2.75) is 25.4 Å². The Morgan fingerprint density at radius 1 is 1.00 bits per heavy atom. The predicted molar refractivity (Wildman–Crippen MR) is 152 cm³/mol. The number of halogens is 3. The quantitative estimate of drug-likeness (QED) is 0.258. The van der Waals surface area contributed by atoms with Gasteiger partial charge in [0, 0.05) is 48.5 Å². The number of para-hydroxylation sites is 1. The van der Waals surface area contributed by atoms with E-state index in [1.165, 1.54) is 12.1 Å². The van der Waals surface area contributed by atoms with Crippen LogP contribution in [-0.2, 0) is 6.42 Å². The van der Waals surface area contributed by atoms with Crippen molar-refractivity contribution in [1.82, 2.24) is 35.3 Å². The van der Waals surface area contributed by atoms with Crippen molar-refractivity contribution in [3.63, 3.8) is 0 Å². The number of ether oxygens (including phenoxy) is 1. The van der Waals surface area contributed by atoms with Crippen molar-refractivity contribution in [1.29, 1.82) is 0 Å². The number of carbonyl (C=O) groups excluding carboxylic acids is 1. The molecule has 0 radical (unpaired) electrons. The van der Waals surface area contributed by atoms with E-state index in [0.29, 0.717) is 64.5 Å². The number of carbonyl (C=O) groups is 1. The van der Waals surface area contributed by atoms with Gasteiger partial charge < -0.3 is 9.64 Å². The zero-order valence-electron chi connectivity index (χ0n) is 21.7. The molecular formula is C29H24Cl2FN7O2. The van der Waals surface area contributed by atoms with E-state index < -0.39 is 0 Å². The molecule has 1 aliphatic heterocycles. The third-order valence-corrected chi connectivity index (χ3v) is 7.53. The van der Waals surface area contributed by atoms with E-state index >= 15 is 0 Å².